The molecule has 0 aliphatic carbocycles. The predicted octanol–water partition coefficient (Wildman–Crippen LogP) is 5.72. The minimum Gasteiger partial charge on any atom is -0.496 e. The van der Waals surface area contributed by atoms with Crippen molar-refractivity contribution in [3.8, 4) is 11.5 Å². The van der Waals surface area contributed by atoms with Crippen molar-refractivity contribution in [1.29, 1.82) is 0 Å². The monoisotopic (exact) mass is 456 g/mol. The highest BCUT2D eigenvalue weighted by atomic mass is 35.5. The Hall–Kier alpha value is -2.19. The molecule has 1 aromatic heterocycles. The van der Waals surface area contributed by atoms with Gasteiger partial charge in [-0.05, 0) is 35.9 Å². The van der Waals surface area contributed by atoms with E-state index >= 15 is 0 Å². The van der Waals surface area contributed by atoms with Gasteiger partial charge in [-0.1, -0.05) is 34.8 Å². The maximum Gasteiger partial charge on any atom is 0.205 e. The van der Waals surface area contributed by atoms with Crippen LogP contribution in [0.5, 0.6) is 11.5 Å². The number of nitrogen functional groups attached to an aromatic ring is 1. The summed E-state index contributed by atoms with van der Waals surface area (Å²) in [5, 5.41) is 7.60. The van der Waals surface area contributed by atoms with Gasteiger partial charge in [0.25, 0.3) is 0 Å². The molecule has 0 atom stereocenters. The number of hydrogen-bond acceptors (Lipinski definition) is 7. The van der Waals surface area contributed by atoms with Crippen LogP contribution >= 0.6 is 46.1 Å². The number of hydrogen-bond donors (Lipinski definition) is 2. The van der Waals surface area contributed by atoms with E-state index in [4.69, 9.17) is 50.0 Å². The second-order valence-electron chi connectivity index (χ2n) is 5.51. The molecule has 0 unspecified atom stereocenters. The van der Waals surface area contributed by atoms with Crippen molar-refractivity contribution < 1.29 is 9.47 Å². The number of thiazole rings is 1. The minimum absolute atomic E-state index is 0.197. The van der Waals surface area contributed by atoms with Crippen molar-refractivity contribution in [2.45, 2.75) is 6.61 Å². The molecule has 3 aromatic rings. The molecule has 0 spiro atoms. The van der Waals surface area contributed by atoms with Crippen LogP contribution in [0.4, 0.5) is 10.9 Å². The number of rotatable bonds is 7. The third-order valence-corrected chi connectivity index (χ3v) is 5.08. The second kappa shape index (κ2) is 9.34. The van der Waals surface area contributed by atoms with Gasteiger partial charge in [0.15, 0.2) is 5.75 Å². The first-order chi connectivity index (χ1) is 13.5. The van der Waals surface area contributed by atoms with Gasteiger partial charge in [0, 0.05) is 16.0 Å². The van der Waals surface area contributed by atoms with Crippen LogP contribution in [0.15, 0.2) is 40.8 Å². The van der Waals surface area contributed by atoms with Gasteiger partial charge in [0.2, 0.25) is 5.13 Å². The van der Waals surface area contributed by atoms with Crippen LogP contribution in [-0.2, 0) is 6.61 Å². The number of nitrogens with zero attached hydrogens (tertiary/aromatic N) is 2. The fraction of sp³-hybridized carbons (Fsp3) is 0.111. The third-order valence-electron chi connectivity index (χ3n) is 3.54. The Labute approximate surface area is 180 Å². The Bertz CT molecular complexity index is 987. The average molecular weight is 458 g/mol. The summed E-state index contributed by atoms with van der Waals surface area (Å²) in [6.45, 7) is 0.197. The predicted molar refractivity (Wildman–Crippen MR) is 117 cm³/mol. The van der Waals surface area contributed by atoms with E-state index in [0.717, 1.165) is 11.1 Å². The van der Waals surface area contributed by atoms with Gasteiger partial charge >= 0.3 is 0 Å². The molecule has 0 radical (unpaired) electrons. The van der Waals surface area contributed by atoms with E-state index < -0.39 is 0 Å². The van der Waals surface area contributed by atoms with Gasteiger partial charge < -0.3 is 15.2 Å². The van der Waals surface area contributed by atoms with Crippen molar-refractivity contribution in [1.82, 2.24) is 4.98 Å². The number of nitrogens with two attached hydrogens (primary N) is 1. The standard InChI is InChI=1S/C18H15Cl3N4O2S/c1-26-15-3-2-10(7-23-25-18-24-16(22)9-28-18)4-11(15)8-27-17-13(20)5-12(19)6-14(17)21/h2-7,9H,8,22H2,1H3,(H,24,25). The molecule has 146 valence electrons. The number of aromatic nitrogens is 1. The van der Waals surface area contributed by atoms with Crippen molar-refractivity contribution >= 4 is 63.3 Å². The number of benzene rings is 2. The van der Waals surface area contributed by atoms with E-state index in [2.05, 4.69) is 15.5 Å². The van der Waals surface area contributed by atoms with Crippen molar-refractivity contribution in [2.24, 2.45) is 5.10 Å². The number of halogens is 3. The van der Waals surface area contributed by atoms with Gasteiger partial charge in [-0.3, -0.25) is 5.43 Å². The van der Waals surface area contributed by atoms with Crippen LogP contribution in [-0.4, -0.2) is 18.3 Å². The highest BCUT2D eigenvalue weighted by molar-refractivity contribution is 7.14. The Morgan fingerprint density at radius 3 is 2.61 bits per heavy atom. The van der Waals surface area contributed by atoms with Crippen LogP contribution in [0.3, 0.4) is 0 Å². The molecule has 28 heavy (non-hydrogen) atoms. The first kappa shape index (κ1) is 20.5. The van der Waals surface area contributed by atoms with Crippen LogP contribution in [0.25, 0.3) is 0 Å². The summed E-state index contributed by atoms with van der Waals surface area (Å²) in [5.41, 5.74) is 10.0. The smallest absolute Gasteiger partial charge is 0.205 e. The Morgan fingerprint density at radius 1 is 1.21 bits per heavy atom. The van der Waals surface area contributed by atoms with Crippen molar-refractivity contribution in [3.05, 3.63) is 61.9 Å². The van der Waals surface area contributed by atoms with Crippen molar-refractivity contribution in [3.63, 3.8) is 0 Å². The van der Waals surface area contributed by atoms with Gasteiger partial charge in [-0.15, -0.1) is 11.3 Å². The molecule has 6 nitrogen and oxygen atoms in total. The average Bonchev–Trinajstić information content (AvgIpc) is 3.06. The molecule has 3 rings (SSSR count). The highest BCUT2D eigenvalue weighted by Crippen LogP contribution is 2.36. The molecule has 0 amide bonds. The molecule has 0 saturated heterocycles. The number of hydrazone groups is 1. The quantitative estimate of drug-likeness (QED) is 0.350. The number of ether oxygens (including phenoxy) is 2. The first-order valence-electron chi connectivity index (χ1n) is 7.90. The summed E-state index contributed by atoms with van der Waals surface area (Å²) in [4.78, 5) is 4.07. The Kier molecular flexibility index (Phi) is 6.85. The fourth-order valence-electron chi connectivity index (χ4n) is 2.31. The molecule has 0 bridgehead atoms. The van der Waals surface area contributed by atoms with E-state index in [1.807, 2.05) is 18.2 Å². The van der Waals surface area contributed by atoms with Gasteiger partial charge in [0.05, 0.1) is 23.4 Å². The van der Waals surface area contributed by atoms with Gasteiger partial charge in [0.1, 0.15) is 18.2 Å². The molecular formula is C18H15Cl3N4O2S. The lowest BCUT2D eigenvalue weighted by atomic mass is 10.1. The maximum absolute atomic E-state index is 6.17. The summed E-state index contributed by atoms with van der Waals surface area (Å²) in [6, 6.07) is 8.72. The first-order valence-corrected chi connectivity index (χ1v) is 9.92. The lowest BCUT2D eigenvalue weighted by molar-refractivity contribution is 0.297. The summed E-state index contributed by atoms with van der Waals surface area (Å²) in [7, 11) is 1.59. The minimum atomic E-state index is 0.197. The van der Waals surface area contributed by atoms with Crippen molar-refractivity contribution in [2.75, 3.05) is 18.3 Å². The highest BCUT2D eigenvalue weighted by Gasteiger charge is 2.11. The summed E-state index contributed by atoms with van der Waals surface area (Å²) in [6.07, 6.45) is 1.66. The third kappa shape index (κ3) is 5.20. The SMILES string of the molecule is COc1ccc(C=NNc2nc(N)cs2)cc1COc1c(Cl)cc(Cl)cc1Cl. The molecule has 0 saturated carbocycles. The van der Waals surface area contributed by atoms with Crippen LogP contribution in [0, 0.1) is 0 Å². The van der Waals surface area contributed by atoms with E-state index in [1.54, 1.807) is 30.8 Å². The summed E-state index contributed by atoms with van der Waals surface area (Å²) >= 11 is 19.6. The summed E-state index contributed by atoms with van der Waals surface area (Å²) < 4.78 is 11.2. The lowest BCUT2D eigenvalue weighted by Gasteiger charge is -2.13. The summed E-state index contributed by atoms with van der Waals surface area (Å²) in [5.74, 6) is 1.47. The van der Waals surface area contributed by atoms with Crippen LogP contribution < -0.4 is 20.6 Å². The second-order valence-corrected chi connectivity index (χ2v) is 7.61. The van der Waals surface area contributed by atoms with E-state index in [-0.39, 0.29) is 6.61 Å². The molecule has 0 aliphatic rings. The van der Waals surface area contributed by atoms with E-state index in [1.165, 1.54) is 11.3 Å². The Balaban J connectivity index is 1.74. The van der Waals surface area contributed by atoms with E-state index in [9.17, 15) is 0 Å². The number of methoxy groups -OCH3 is 1. The largest absolute Gasteiger partial charge is 0.496 e. The number of anilines is 2. The van der Waals surface area contributed by atoms with Crippen LogP contribution in [0.1, 0.15) is 11.1 Å². The zero-order valence-corrected chi connectivity index (χ0v) is 17.7. The van der Waals surface area contributed by atoms with Gasteiger partial charge in [-0.2, -0.15) is 5.10 Å². The van der Waals surface area contributed by atoms with Gasteiger partial charge in [-0.25, -0.2) is 4.98 Å². The normalized spacial score (nSPS) is 11.0. The lowest BCUT2D eigenvalue weighted by Crippen LogP contribution is -2.01. The molecule has 1 heterocycles. The fourth-order valence-corrected chi connectivity index (χ4v) is 3.78. The van der Waals surface area contributed by atoms with E-state index in [0.29, 0.717) is 37.5 Å². The zero-order valence-electron chi connectivity index (χ0n) is 14.6. The molecule has 3 N–H and O–H groups in total. The zero-order chi connectivity index (χ0) is 20.1. The van der Waals surface area contributed by atoms with Crippen LogP contribution in [0.2, 0.25) is 15.1 Å². The Morgan fingerprint density at radius 2 is 1.96 bits per heavy atom. The molecule has 10 heteroatoms. The maximum atomic E-state index is 6.17. The molecule has 0 aliphatic heterocycles. The molecule has 2 aromatic carbocycles. The molecular weight excluding hydrogens is 443 g/mol. The topological polar surface area (TPSA) is 81.8 Å². The molecule has 0 fully saturated rings. The number of nitrogens with one attached hydrogen (secondary N) is 1.